The number of carbonyl (C=O) groups is 1. The topological polar surface area (TPSA) is 93.8 Å². The number of amides is 2. The van der Waals surface area contributed by atoms with E-state index in [4.69, 9.17) is 0 Å². The monoisotopic (exact) mass is 318 g/mol. The Bertz CT molecular complexity index is 633. The molecule has 2 aromatic heterocycles. The van der Waals surface area contributed by atoms with E-state index in [1.807, 2.05) is 22.4 Å². The summed E-state index contributed by atoms with van der Waals surface area (Å²) in [5.41, 5.74) is 0. The molecule has 0 spiro atoms. The van der Waals surface area contributed by atoms with Crippen molar-refractivity contribution in [1.82, 2.24) is 40.0 Å². The average molecular weight is 318 g/mol. The van der Waals surface area contributed by atoms with Gasteiger partial charge in [-0.25, -0.2) is 14.5 Å². The molecule has 1 saturated carbocycles. The first-order chi connectivity index (χ1) is 11.1. The molecule has 9 nitrogen and oxygen atoms in total. The van der Waals surface area contributed by atoms with Crippen molar-refractivity contribution in [2.75, 3.05) is 13.6 Å². The number of urea groups is 1. The highest BCUT2D eigenvalue weighted by atomic mass is 16.2. The van der Waals surface area contributed by atoms with Crippen LogP contribution in [0.25, 0.3) is 0 Å². The van der Waals surface area contributed by atoms with Crippen LogP contribution in [0.2, 0.25) is 0 Å². The van der Waals surface area contributed by atoms with Crippen molar-refractivity contribution in [3.05, 3.63) is 24.5 Å². The van der Waals surface area contributed by atoms with Crippen LogP contribution in [0.3, 0.4) is 0 Å². The smallest absolute Gasteiger partial charge is 0.317 e. The fourth-order valence-corrected chi connectivity index (χ4v) is 2.44. The van der Waals surface area contributed by atoms with Gasteiger partial charge in [-0.15, -0.1) is 5.10 Å². The summed E-state index contributed by atoms with van der Waals surface area (Å²) < 4.78 is 3.82. The highest BCUT2D eigenvalue weighted by Crippen LogP contribution is 2.35. The Morgan fingerprint density at radius 3 is 3.04 bits per heavy atom. The van der Waals surface area contributed by atoms with E-state index in [1.54, 1.807) is 24.5 Å². The molecule has 0 radical (unpaired) electrons. The van der Waals surface area contributed by atoms with Crippen LogP contribution in [0, 0.1) is 0 Å². The van der Waals surface area contributed by atoms with Crippen LogP contribution in [0.4, 0.5) is 4.79 Å². The summed E-state index contributed by atoms with van der Waals surface area (Å²) in [6.07, 6.45) is 8.52. The maximum Gasteiger partial charge on any atom is 0.317 e. The third kappa shape index (κ3) is 3.85. The van der Waals surface area contributed by atoms with Gasteiger partial charge in [-0.3, -0.25) is 0 Å². The minimum atomic E-state index is -0.214. The van der Waals surface area contributed by atoms with Gasteiger partial charge < -0.3 is 14.8 Å². The largest absolute Gasteiger partial charge is 0.337 e. The lowest BCUT2D eigenvalue weighted by molar-refractivity contribution is 0.203. The van der Waals surface area contributed by atoms with E-state index in [1.165, 1.54) is 0 Å². The molecule has 2 heterocycles. The minimum absolute atomic E-state index is 0.117. The molecule has 1 fully saturated rings. The predicted octanol–water partition coefficient (Wildman–Crippen LogP) is 0.997. The molecule has 1 N–H and O–H groups in total. The summed E-state index contributed by atoms with van der Waals surface area (Å²) in [6, 6.07) is 0.0648. The summed E-state index contributed by atoms with van der Waals surface area (Å²) >= 11 is 0. The predicted molar refractivity (Wildman–Crippen MR) is 82.5 cm³/mol. The van der Waals surface area contributed by atoms with E-state index < -0.39 is 0 Å². The zero-order valence-electron chi connectivity index (χ0n) is 13.5. The Balaban J connectivity index is 1.46. The van der Waals surface area contributed by atoms with Crippen LogP contribution in [-0.4, -0.2) is 54.3 Å². The normalized spacial score (nSPS) is 15.4. The summed E-state index contributed by atoms with van der Waals surface area (Å²) in [5, 5.41) is 14.7. The molecule has 9 heteroatoms. The number of rotatable bonds is 7. The Kier molecular flexibility index (Phi) is 4.54. The molecule has 0 bridgehead atoms. The second kappa shape index (κ2) is 6.76. The number of carbonyl (C=O) groups excluding carboxylic acids is 1. The van der Waals surface area contributed by atoms with E-state index in [-0.39, 0.29) is 12.1 Å². The van der Waals surface area contributed by atoms with E-state index in [0.29, 0.717) is 18.4 Å². The lowest BCUT2D eigenvalue weighted by Crippen LogP contribution is -2.40. The number of hydrogen-bond donors (Lipinski definition) is 1. The molecule has 1 atom stereocenters. The van der Waals surface area contributed by atoms with Crippen molar-refractivity contribution in [2.24, 2.45) is 0 Å². The zero-order valence-corrected chi connectivity index (χ0v) is 13.5. The van der Waals surface area contributed by atoms with Crippen molar-refractivity contribution < 1.29 is 4.79 Å². The standard InChI is InChI=1S/C14H22N8O/c1-11(13-17-18-19-22(13)12-4-5-12)16-14(23)20(2)7-3-8-21-9-6-15-10-21/h6,9-12H,3-5,7-8H2,1-2H3,(H,16,23)/t11-/m1/s1. The van der Waals surface area contributed by atoms with Gasteiger partial charge in [-0.05, 0) is 36.6 Å². The van der Waals surface area contributed by atoms with E-state index in [0.717, 1.165) is 25.8 Å². The molecule has 1 aliphatic carbocycles. The van der Waals surface area contributed by atoms with Gasteiger partial charge in [0.2, 0.25) is 0 Å². The SMILES string of the molecule is C[C@@H](NC(=O)N(C)CCCn1ccnc1)c1nnnn1C1CC1. The number of hydrogen-bond acceptors (Lipinski definition) is 5. The molecule has 2 aromatic rings. The first kappa shape index (κ1) is 15.4. The summed E-state index contributed by atoms with van der Waals surface area (Å²) in [7, 11) is 1.79. The van der Waals surface area contributed by atoms with E-state index in [9.17, 15) is 4.79 Å². The van der Waals surface area contributed by atoms with Gasteiger partial charge in [0.05, 0.1) is 18.4 Å². The highest BCUT2D eigenvalue weighted by Gasteiger charge is 2.30. The Morgan fingerprint density at radius 1 is 1.52 bits per heavy atom. The Labute approximate surface area is 134 Å². The van der Waals surface area contributed by atoms with Gasteiger partial charge >= 0.3 is 6.03 Å². The van der Waals surface area contributed by atoms with Gasteiger partial charge in [0.15, 0.2) is 5.82 Å². The van der Waals surface area contributed by atoms with E-state index >= 15 is 0 Å². The number of tetrazole rings is 1. The molecule has 1 aliphatic rings. The Morgan fingerprint density at radius 2 is 2.35 bits per heavy atom. The third-order valence-electron chi connectivity index (χ3n) is 3.95. The second-order valence-corrected chi connectivity index (χ2v) is 5.96. The highest BCUT2D eigenvalue weighted by molar-refractivity contribution is 5.74. The molecule has 0 unspecified atom stereocenters. The fourth-order valence-electron chi connectivity index (χ4n) is 2.44. The van der Waals surface area contributed by atoms with Crippen molar-refractivity contribution in [1.29, 1.82) is 0 Å². The first-order valence-corrected chi connectivity index (χ1v) is 7.90. The molecular weight excluding hydrogens is 296 g/mol. The van der Waals surface area contributed by atoms with Crippen molar-refractivity contribution >= 4 is 6.03 Å². The van der Waals surface area contributed by atoms with Crippen LogP contribution in [0.15, 0.2) is 18.7 Å². The molecule has 23 heavy (non-hydrogen) atoms. The van der Waals surface area contributed by atoms with Gasteiger partial charge in [-0.1, -0.05) is 0 Å². The van der Waals surface area contributed by atoms with Crippen LogP contribution in [0.5, 0.6) is 0 Å². The van der Waals surface area contributed by atoms with Crippen molar-refractivity contribution in [2.45, 2.75) is 44.8 Å². The van der Waals surface area contributed by atoms with Crippen LogP contribution < -0.4 is 5.32 Å². The van der Waals surface area contributed by atoms with Crippen LogP contribution >= 0.6 is 0 Å². The quantitative estimate of drug-likeness (QED) is 0.822. The third-order valence-corrected chi connectivity index (χ3v) is 3.95. The second-order valence-electron chi connectivity index (χ2n) is 5.96. The van der Waals surface area contributed by atoms with Crippen LogP contribution in [0.1, 0.15) is 44.1 Å². The molecule has 124 valence electrons. The van der Waals surface area contributed by atoms with Gasteiger partial charge in [0.25, 0.3) is 0 Å². The average Bonchev–Trinajstić information content (AvgIpc) is 3.04. The molecule has 0 aliphatic heterocycles. The lowest BCUT2D eigenvalue weighted by atomic mass is 10.3. The number of imidazole rings is 1. The molecular formula is C14H22N8O. The number of nitrogens with one attached hydrogen (secondary N) is 1. The van der Waals surface area contributed by atoms with E-state index in [2.05, 4.69) is 25.8 Å². The van der Waals surface area contributed by atoms with Crippen molar-refractivity contribution in [3.8, 4) is 0 Å². The number of aryl methyl sites for hydroxylation is 1. The maximum absolute atomic E-state index is 12.3. The summed E-state index contributed by atoms with van der Waals surface area (Å²) in [5.74, 6) is 0.715. The Hall–Kier alpha value is -2.45. The molecule has 3 rings (SSSR count). The van der Waals surface area contributed by atoms with Crippen LogP contribution in [-0.2, 0) is 6.54 Å². The fraction of sp³-hybridized carbons (Fsp3) is 0.643. The molecule has 0 aromatic carbocycles. The number of nitrogens with zero attached hydrogens (tertiary/aromatic N) is 7. The minimum Gasteiger partial charge on any atom is -0.337 e. The first-order valence-electron chi connectivity index (χ1n) is 7.90. The van der Waals surface area contributed by atoms with Gasteiger partial charge in [0.1, 0.15) is 0 Å². The van der Waals surface area contributed by atoms with Gasteiger partial charge in [-0.2, -0.15) is 0 Å². The van der Waals surface area contributed by atoms with Crippen molar-refractivity contribution in [3.63, 3.8) is 0 Å². The summed E-state index contributed by atoms with van der Waals surface area (Å²) in [6.45, 7) is 3.42. The molecule has 0 saturated heterocycles. The number of aromatic nitrogens is 6. The summed E-state index contributed by atoms with van der Waals surface area (Å²) in [4.78, 5) is 17.9. The maximum atomic E-state index is 12.3. The van der Waals surface area contributed by atoms with Gasteiger partial charge in [0, 0.05) is 32.5 Å². The zero-order chi connectivity index (χ0) is 16.2. The lowest BCUT2D eigenvalue weighted by Gasteiger charge is -2.21. The molecule has 2 amide bonds.